The Hall–Kier alpha value is -4.52. The number of nitro groups is 1. The third-order valence-electron chi connectivity index (χ3n) is 6.69. The van der Waals surface area contributed by atoms with Crippen molar-refractivity contribution in [3.05, 3.63) is 117 Å². The predicted octanol–water partition coefficient (Wildman–Crippen LogP) is 6.92. The smallest absolute Gasteiger partial charge is 0.293 e. The van der Waals surface area contributed by atoms with Gasteiger partial charge >= 0.3 is 0 Å². The quantitative estimate of drug-likeness (QED) is 0.0527. The van der Waals surface area contributed by atoms with Gasteiger partial charge in [-0.3, -0.25) is 19.7 Å². The topological polar surface area (TPSA) is 135 Å². The summed E-state index contributed by atoms with van der Waals surface area (Å²) in [6.45, 7) is 2.31. The number of benzene rings is 4. The van der Waals surface area contributed by atoms with Gasteiger partial charge in [0.25, 0.3) is 21.6 Å². The minimum atomic E-state index is -4.40. The van der Waals surface area contributed by atoms with Crippen LogP contribution in [-0.4, -0.2) is 37.8 Å². The Morgan fingerprint density at radius 3 is 2.40 bits per heavy atom. The standard InChI is InChI=1S/C31H25N3O6S3/c1-20-26-17-23(11-14-29(26)42-30(20)19-35)21-7-9-22(10-8-21)31(36)33-43(39,40)25-12-13-27(28(18-25)34(37)38)32-15-16-41-24-5-3-2-4-6-24/h2-14,17-19,32H,15-16H2,1H3,(H,33,36). The number of nitro benzene ring substituents is 1. The molecule has 0 spiro atoms. The molecule has 0 saturated heterocycles. The highest BCUT2D eigenvalue weighted by Crippen LogP contribution is 2.33. The first-order valence-corrected chi connectivity index (χ1v) is 16.3. The summed E-state index contributed by atoms with van der Waals surface area (Å²) in [6, 6.07) is 25.4. The Bertz CT molecular complexity index is 1940. The van der Waals surface area contributed by atoms with E-state index >= 15 is 0 Å². The highest BCUT2D eigenvalue weighted by molar-refractivity contribution is 7.99. The molecule has 0 aliphatic rings. The van der Waals surface area contributed by atoms with Crippen LogP contribution in [0.3, 0.4) is 0 Å². The summed E-state index contributed by atoms with van der Waals surface area (Å²) in [4.78, 5) is 36.5. The SMILES string of the molecule is Cc1c(C=O)sc2ccc(-c3ccc(C(=O)NS(=O)(=O)c4ccc(NCCSc5ccccc5)c([N+](=O)[O-])c4)cc3)cc12. The highest BCUT2D eigenvalue weighted by atomic mass is 32.2. The van der Waals surface area contributed by atoms with Gasteiger partial charge in [0.15, 0.2) is 6.29 Å². The zero-order valence-corrected chi connectivity index (χ0v) is 25.2. The Balaban J connectivity index is 1.27. The molecule has 218 valence electrons. The number of nitrogens with one attached hydrogen (secondary N) is 2. The highest BCUT2D eigenvalue weighted by Gasteiger charge is 2.24. The predicted molar refractivity (Wildman–Crippen MR) is 171 cm³/mol. The van der Waals surface area contributed by atoms with E-state index in [1.165, 1.54) is 35.6 Å². The molecule has 0 radical (unpaired) electrons. The second kappa shape index (κ2) is 12.8. The molecule has 4 aromatic carbocycles. The minimum Gasteiger partial charge on any atom is -0.379 e. The molecule has 0 fully saturated rings. The lowest BCUT2D eigenvalue weighted by Crippen LogP contribution is -2.30. The first-order valence-electron chi connectivity index (χ1n) is 13.0. The molecule has 1 amide bonds. The second-order valence-corrected chi connectivity index (χ2v) is 13.4. The molecule has 5 aromatic rings. The fourth-order valence-electron chi connectivity index (χ4n) is 4.44. The first kappa shape index (κ1) is 30.0. The van der Waals surface area contributed by atoms with Crippen LogP contribution < -0.4 is 10.0 Å². The van der Waals surface area contributed by atoms with Crippen molar-refractivity contribution in [1.29, 1.82) is 0 Å². The molecule has 0 bridgehead atoms. The Labute approximate surface area is 256 Å². The zero-order valence-electron chi connectivity index (χ0n) is 22.8. The van der Waals surface area contributed by atoms with Gasteiger partial charge < -0.3 is 5.32 Å². The van der Waals surface area contributed by atoms with E-state index in [4.69, 9.17) is 0 Å². The number of anilines is 1. The molecule has 0 aliphatic heterocycles. The molecule has 1 aromatic heterocycles. The number of carbonyl (C=O) groups excluding carboxylic acids is 2. The summed E-state index contributed by atoms with van der Waals surface area (Å²) in [7, 11) is -4.40. The van der Waals surface area contributed by atoms with Crippen molar-refractivity contribution >= 4 is 66.8 Å². The molecule has 12 heteroatoms. The lowest BCUT2D eigenvalue weighted by molar-refractivity contribution is -0.384. The van der Waals surface area contributed by atoms with Crippen molar-refractivity contribution in [2.45, 2.75) is 16.7 Å². The number of fused-ring (bicyclic) bond motifs is 1. The van der Waals surface area contributed by atoms with E-state index in [-0.39, 0.29) is 11.3 Å². The monoisotopic (exact) mass is 631 g/mol. The number of aldehydes is 1. The number of aryl methyl sites for hydroxylation is 1. The molecule has 9 nitrogen and oxygen atoms in total. The number of nitrogens with zero attached hydrogens (tertiary/aromatic N) is 1. The number of carbonyl (C=O) groups is 2. The van der Waals surface area contributed by atoms with Crippen LogP contribution in [0.2, 0.25) is 0 Å². The number of thiophene rings is 1. The van der Waals surface area contributed by atoms with Crippen LogP contribution in [0.25, 0.3) is 21.2 Å². The zero-order chi connectivity index (χ0) is 30.6. The van der Waals surface area contributed by atoms with Crippen LogP contribution in [0.15, 0.2) is 101 Å². The van der Waals surface area contributed by atoms with Crippen LogP contribution in [0.1, 0.15) is 25.6 Å². The molecule has 0 atom stereocenters. The summed E-state index contributed by atoms with van der Waals surface area (Å²) in [5.41, 5.74) is 2.46. The fourth-order valence-corrected chi connectivity index (χ4v) is 7.23. The van der Waals surface area contributed by atoms with E-state index in [9.17, 15) is 28.1 Å². The molecule has 5 rings (SSSR count). The van der Waals surface area contributed by atoms with Crippen molar-refractivity contribution in [2.75, 3.05) is 17.6 Å². The van der Waals surface area contributed by atoms with Gasteiger partial charge in [0.05, 0.1) is 14.7 Å². The molecular weight excluding hydrogens is 607 g/mol. The van der Waals surface area contributed by atoms with E-state index < -0.39 is 31.4 Å². The third-order valence-corrected chi connectivity index (χ3v) is 10.2. The minimum absolute atomic E-state index is 0.104. The summed E-state index contributed by atoms with van der Waals surface area (Å²) >= 11 is 3.01. The van der Waals surface area contributed by atoms with Crippen molar-refractivity contribution in [3.63, 3.8) is 0 Å². The van der Waals surface area contributed by atoms with Crippen molar-refractivity contribution in [1.82, 2.24) is 4.72 Å². The number of rotatable bonds is 11. The largest absolute Gasteiger partial charge is 0.379 e. The van der Waals surface area contributed by atoms with E-state index in [1.807, 2.05) is 60.2 Å². The maximum atomic E-state index is 13.0. The molecular formula is C31H25N3O6S3. The van der Waals surface area contributed by atoms with Crippen molar-refractivity contribution in [2.24, 2.45) is 0 Å². The van der Waals surface area contributed by atoms with Gasteiger partial charge in [-0.1, -0.05) is 36.4 Å². The molecule has 1 heterocycles. The van der Waals surface area contributed by atoms with Crippen LogP contribution in [0.5, 0.6) is 0 Å². The van der Waals surface area contributed by atoms with E-state index in [0.29, 0.717) is 17.2 Å². The third kappa shape index (κ3) is 6.77. The van der Waals surface area contributed by atoms with Crippen LogP contribution in [0.4, 0.5) is 11.4 Å². The average Bonchev–Trinajstić information content (AvgIpc) is 3.34. The van der Waals surface area contributed by atoms with Gasteiger partial charge in [0.1, 0.15) is 5.69 Å². The number of sulfonamides is 1. The number of hydrogen-bond acceptors (Lipinski definition) is 9. The molecule has 0 saturated carbocycles. The molecule has 43 heavy (non-hydrogen) atoms. The normalized spacial score (nSPS) is 11.3. The summed E-state index contributed by atoms with van der Waals surface area (Å²) < 4.78 is 29.0. The molecule has 0 aliphatic carbocycles. The van der Waals surface area contributed by atoms with E-state index in [1.54, 1.807) is 23.9 Å². The van der Waals surface area contributed by atoms with Gasteiger partial charge in [-0.25, -0.2) is 13.1 Å². The first-order chi connectivity index (χ1) is 20.7. The maximum Gasteiger partial charge on any atom is 0.293 e. The van der Waals surface area contributed by atoms with Crippen LogP contribution in [-0.2, 0) is 10.0 Å². The Kier molecular flexibility index (Phi) is 8.90. The van der Waals surface area contributed by atoms with Crippen LogP contribution >= 0.6 is 23.1 Å². The fraction of sp³-hybridized carbons (Fsp3) is 0.0968. The number of amides is 1. The number of hydrogen-bond donors (Lipinski definition) is 2. The maximum absolute atomic E-state index is 13.0. The van der Waals surface area contributed by atoms with Gasteiger partial charge in [-0.2, -0.15) is 0 Å². The molecule has 2 N–H and O–H groups in total. The van der Waals surface area contributed by atoms with Crippen LogP contribution in [0, 0.1) is 17.0 Å². The van der Waals surface area contributed by atoms with Gasteiger partial charge in [-0.15, -0.1) is 23.1 Å². The van der Waals surface area contributed by atoms with Gasteiger partial charge in [0, 0.05) is 33.5 Å². The van der Waals surface area contributed by atoms with Crippen molar-refractivity contribution < 1.29 is 22.9 Å². The number of thioether (sulfide) groups is 1. The second-order valence-electron chi connectivity index (χ2n) is 9.46. The Morgan fingerprint density at radius 1 is 0.977 bits per heavy atom. The lowest BCUT2D eigenvalue weighted by atomic mass is 10.0. The Morgan fingerprint density at radius 2 is 1.70 bits per heavy atom. The van der Waals surface area contributed by atoms with Gasteiger partial charge in [0.2, 0.25) is 0 Å². The summed E-state index contributed by atoms with van der Waals surface area (Å²) in [6.07, 6.45) is 0.845. The van der Waals surface area contributed by atoms with E-state index in [0.717, 1.165) is 44.0 Å². The summed E-state index contributed by atoms with van der Waals surface area (Å²) in [5, 5.41) is 15.7. The van der Waals surface area contributed by atoms with E-state index in [2.05, 4.69) is 5.32 Å². The average molecular weight is 632 g/mol. The molecule has 0 unspecified atom stereocenters. The van der Waals surface area contributed by atoms with Gasteiger partial charge in [-0.05, 0) is 77.5 Å². The lowest BCUT2D eigenvalue weighted by Gasteiger charge is -2.11. The van der Waals surface area contributed by atoms with Crippen molar-refractivity contribution in [3.8, 4) is 11.1 Å². The summed E-state index contributed by atoms with van der Waals surface area (Å²) in [5.74, 6) is -0.228.